The standard InChI is InChI=1S/C28H31N3O5S2/c1-5-6-15-22(32)29-20-13-10-14-21(16-20)37-18(3)25(33)31-27-23(28(35)36-4)17(2)24(38-27)26(34)30-19-11-8-7-9-12-19/h7-14,16,18H,5-6,15H2,1-4H3,(H,29,32)(H,30,34)(H,31,33). The molecule has 3 amide bonds. The van der Waals surface area contributed by atoms with Gasteiger partial charge in [-0.25, -0.2) is 4.79 Å². The van der Waals surface area contributed by atoms with E-state index in [-0.39, 0.29) is 28.3 Å². The van der Waals surface area contributed by atoms with E-state index in [0.29, 0.717) is 28.2 Å². The molecule has 10 heteroatoms. The molecule has 0 fully saturated rings. The van der Waals surface area contributed by atoms with E-state index >= 15 is 0 Å². The Kier molecular flexibility index (Phi) is 10.5. The lowest BCUT2D eigenvalue weighted by Crippen LogP contribution is -2.23. The van der Waals surface area contributed by atoms with E-state index in [2.05, 4.69) is 16.0 Å². The quantitative estimate of drug-likeness (QED) is 0.189. The number of thioether (sulfide) groups is 1. The molecule has 38 heavy (non-hydrogen) atoms. The monoisotopic (exact) mass is 553 g/mol. The van der Waals surface area contributed by atoms with E-state index in [4.69, 9.17) is 4.74 Å². The Morgan fingerprint density at radius 2 is 1.68 bits per heavy atom. The molecule has 0 radical (unpaired) electrons. The Hall–Kier alpha value is -3.63. The summed E-state index contributed by atoms with van der Waals surface area (Å²) in [6, 6.07) is 16.3. The molecule has 3 aromatic rings. The van der Waals surface area contributed by atoms with Crippen LogP contribution in [-0.4, -0.2) is 36.1 Å². The highest BCUT2D eigenvalue weighted by Gasteiger charge is 2.27. The first-order chi connectivity index (χ1) is 18.2. The first kappa shape index (κ1) is 28.9. The maximum atomic E-state index is 13.1. The van der Waals surface area contributed by atoms with Crippen molar-refractivity contribution in [3.05, 3.63) is 70.6 Å². The Balaban J connectivity index is 1.74. The molecule has 200 valence electrons. The number of para-hydroxylation sites is 1. The molecule has 8 nitrogen and oxygen atoms in total. The average molecular weight is 554 g/mol. The van der Waals surface area contributed by atoms with Crippen molar-refractivity contribution in [1.29, 1.82) is 0 Å². The van der Waals surface area contributed by atoms with Gasteiger partial charge in [-0.15, -0.1) is 23.1 Å². The van der Waals surface area contributed by atoms with Crippen LogP contribution in [0.25, 0.3) is 0 Å². The van der Waals surface area contributed by atoms with Gasteiger partial charge in [-0.1, -0.05) is 37.6 Å². The first-order valence-corrected chi connectivity index (χ1v) is 13.9. The number of amides is 3. The third-order valence-corrected chi connectivity index (χ3v) is 7.87. The highest BCUT2D eigenvalue weighted by atomic mass is 32.2. The van der Waals surface area contributed by atoms with E-state index in [1.165, 1.54) is 18.9 Å². The van der Waals surface area contributed by atoms with E-state index < -0.39 is 11.2 Å². The zero-order chi connectivity index (χ0) is 27.7. The number of rotatable bonds is 11. The van der Waals surface area contributed by atoms with Crippen molar-refractivity contribution in [2.75, 3.05) is 23.1 Å². The van der Waals surface area contributed by atoms with Gasteiger partial charge >= 0.3 is 5.97 Å². The number of methoxy groups -OCH3 is 1. The molecule has 2 aromatic carbocycles. The molecule has 1 heterocycles. The van der Waals surface area contributed by atoms with Crippen molar-refractivity contribution >= 4 is 63.2 Å². The topological polar surface area (TPSA) is 114 Å². The second-order valence-corrected chi connectivity index (χ2v) is 10.9. The minimum atomic E-state index is -0.639. The van der Waals surface area contributed by atoms with Gasteiger partial charge in [0.2, 0.25) is 11.8 Å². The molecule has 3 rings (SSSR count). The largest absolute Gasteiger partial charge is 0.465 e. The normalized spacial score (nSPS) is 11.4. The molecule has 1 atom stereocenters. The average Bonchev–Trinajstić information content (AvgIpc) is 3.23. The third-order valence-electron chi connectivity index (χ3n) is 5.57. The fourth-order valence-electron chi connectivity index (χ4n) is 3.55. The summed E-state index contributed by atoms with van der Waals surface area (Å²) in [5.74, 6) is -1.41. The van der Waals surface area contributed by atoms with E-state index in [1.54, 1.807) is 44.2 Å². The number of benzene rings is 2. The molecule has 3 N–H and O–H groups in total. The van der Waals surface area contributed by atoms with Gasteiger partial charge in [-0.2, -0.15) is 0 Å². The Morgan fingerprint density at radius 3 is 2.37 bits per heavy atom. The number of ether oxygens (including phenoxy) is 1. The van der Waals surface area contributed by atoms with Crippen LogP contribution in [0.15, 0.2) is 59.5 Å². The van der Waals surface area contributed by atoms with Gasteiger partial charge in [-0.3, -0.25) is 14.4 Å². The van der Waals surface area contributed by atoms with Crippen LogP contribution in [0.1, 0.15) is 58.7 Å². The summed E-state index contributed by atoms with van der Waals surface area (Å²) in [5.41, 5.74) is 1.86. The van der Waals surface area contributed by atoms with Gasteiger partial charge < -0.3 is 20.7 Å². The molecule has 0 saturated carbocycles. The SMILES string of the molecule is CCCCC(=O)Nc1cccc(SC(C)C(=O)Nc2sc(C(=O)Nc3ccccc3)c(C)c2C(=O)OC)c1. The zero-order valence-corrected chi connectivity index (χ0v) is 23.4. The fraction of sp³-hybridized carbons (Fsp3) is 0.286. The minimum Gasteiger partial charge on any atom is -0.465 e. The van der Waals surface area contributed by atoms with Crippen LogP contribution in [0.4, 0.5) is 16.4 Å². The number of hydrogen-bond donors (Lipinski definition) is 3. The van der Waals surface area contributed by atoms with Gasteiger partial charge in [0.05, 0.1) is 22.8 Å². The number of carbonyl (C=O) groups is 4. The Morgan fingerprint density at radius 1 is 0.974 bits per heavy atom. The molecule has 0 aliphatic carbocycles. The van der Waals surface area contributed by atoms with Crippen molar-refractivity contribution in [3.63, 3.8) is 0 Å². The molecular formula is C28H31N3O5S2. The molecule has 1 aromatic heterocycles. The fourth-order valence-corrected chi connectivity index (χ4v) is 5.57. The van der Waals surface area contributed by atoms with E-state index in [0.717, 1.165) is 29.1 Å². The van der Waals surface area contributed by atoms with Crippen LogP contribution < -0.4 is 16.0 Å². The van der Waals surface area contributed by atoms with E-state index in [9.17, 15) is 19.2 Å². The molecule has 0 aliphatic heterocycles. The lowest BCUT2D eigenvalue weighted by molar-refractivity contribution is -0.116. The smallest absolute Gasteiger partial charge is 0.341 e. The zero-order valence-electron chi connectivity index (χ0n) is 21.8. The van der Waals surface area contributed by atoms with Crippen LogP contribution >= 0.6 is 23.1 Å². The lowest BCUT2D eigenvalue weighted by Gasteiger charge is -2.13. The second kappa shape index (κ2) is 13.8. The highest BCUT2D eigenvalue weighted by Crippen LogP contribution is 2.35. The lowest BCUT2D eigenvalue weighted by atomic mass is 10.1. The maximum absolute atomic E-state index is 13.1. The summed E-state index contributed by atoms with van der Waals surface area (Å²) in [7, 11) is 1.25. The second-order valence-electron chi connectivity index (χ2n) is 8.50. The molecule has 1 unspecified atom stereocenters. The van der Waals surface area contributed by atoms with Gasteiger partial charge in [0, 0.05) is 22.7 Å². The van der Waals surface area contributed by atoms with Gasteiger partial charge in [0.1, 0.15) is 5.00 Å². The van der Waals surface area contributed by atoms with Crippen LogP contribution in [0, 0.1) is 6.92 Å². The number of carbonyl (C=O) groups excluding carboxylic acids is 4. The van der Waals surface area contributed by atoms with Crippen LogP contribution in [-0.2, 0) is 14.3 Å². The van der Waals surface area contributed by atoms with Crippen LogP contribution in [0.3, 0.4) is 0 Å². The highest BCUT2D eigenvalue weighted by molar-refractivity contribution is 8.00. The van der Waals surface area contributed by atoms with Gasteiger partial charge in [0.15, 0.2) is 0 Å². The van der Waals surface area contributed by atoms with E-state index in [1.807, 2.05) is 31.2 Å². The van der Waals surface area contributed by atoms with Crippen molar-refractivity contribution < 1.29 is 23.9 Å². The number of anilines is 3. The van der Waals surface area contributed by atoms with Crippen molar-refractivity contribution in [3.8, 4) is 0 Å². The number of esters is 1. The maximum Gasteiger partial charge on any atom is 0.341 e. The van der Waals surface area contributed by atoms with Gasteiger partial charge in [-0.05, 0) is 56.2 Å². The van der Waals surface area contributed by atoms with Crippen molar-refractivity contribution in [1.82, 2.24) is 0 Å². The number of nitrogens with one attached hydrogen (secondary N) is 3. The summed E-state index contributed by atoms with van der Waals surface area (Å²) in [5, 5.41) is 8.21. The van der Waals surface area contributed by atoms with Crippen molar-refractivity contribution in [2.45, 2.75) is 50.2 Å². The van der Waals surface area contributed by atoms with Gasteiger partial charge in [0.25, 0.3) is 5.91 Å². The Bertz CT molecular complexity index is 1310. The number of thiophene rings is 1. The summed E-state index contributed by atoms with van der Waals surface area (Å²) >= 11 is 2.34. The summed E-state index contributed by atoms with van der Waals surface area (Å²) < 4.78 is 4.92. The summed E-state index contributed by atoms with van der Waals surface area (Å²) in [6.45, 7) is 5.42. The van der Waals surface area contributed by atoms with Crippen LogP contribution in [0.2, 0.25) is 0 Å². The summed E-state index contributed by atoms with van der Waals surface area (Å²) in [4.78, 5) is 51.7. The predicted octanol–water partition coefficient (Wildman–Crippen LogP) is 6.34. The molecule has 0 bridgehead atoms. The molecular weight excluding hydrogens is 522 g/mol. The molecule has 0 saturated heterocycles. The Labute approximate surface area is 230 Å². The summed E-state index contributed by atoms with van der Waals surface area (Å²) in [6.07, 6.45) is 2.22. The molecule has 0 spiro atoms. The minimum absolute atomic E-state index is 0.0460. The number of hydrogen-bond acceptors (Lipinski definition) is 7. The van der Waals surface area contributed by atoms with Crippen LogP contribution in [0.5, 0.6) is 0 Å². The third kappa shape index (κ3) is 7.69. The van der Waals surface area contributed by atoms with Crippen molar-refractivity contribution in [2.24, 2.45) is 0 Å². The molecule has 0 aliphatic rings. The predicted molar refractivity (Wildman–Crippen MR) is 153 cm³/mol. The first-order valence-electron chi connectivity index (χ1n) is 12.2. The number of unbranched alkanes of at least 4 members (excludes halogenated alkanes) is 1.